The van der Waals surface area contributed by atoms with E-state index in [0.29, 0.717) is 0 Å². The Bertz CT molecular complexity index is 57.2. The van der Waals surface area contributed by atoms with Gasteiger partial charge in [-0.1, -0.05) is 0 Å². The van der Waals surface area contributed by atoms with Crippen LogP contribution in [0.25, 0.3) is 0 Å². The third-order valence-corrected chi connectivity index (χ3v) is 0. The van der Waals surface area contributed by atoms with E-state index >= 15 is 0 Å². The smallest absolute Gasteiger partial charge is 0.254 e. The second-order valence-electron chi connectivity index (χ2n) is 0.238. The molecule has 3 nitrogen and oxygen atoms in total. The van der Waals surface area contributed by atoms with Gasteiger partial charge in [0.1, 0.15) is 0 Å². The minimum absolute atomic E-state index is 0. The van der Waals surface area contributed by atoms with Crippen molar-refractivity contribution in [1.82, 2.24) is 0 Å². The zero-order valence-corrected chi connectivity index (χ0v) is 9.95. The van der Waals surface area contributed by atoms with E-state index in [1.165, 1.54) is 0 Å². The Balaban J connectivity index is -0.0000000450. The summed E-state index contributed by atoms with van der Waals surface area (Å²) in [5.41, 5.74) is 0. The molecule has 0 aliphatic rings. The van der Waals surface area contributed by atoms with Crippen molar-refractivity contribution in [3.63, 3.8) is 0 Å². The normalized spacial score (nSPS) is 5.67. The van der Waals surface area contributed by atoms with Crippen LogP contribution in [0, 0.1) is 0 Å². The molecule has 0 aromatic rings. The van der Waals surface area contributed by atoms with Crippen molar-refractivity contribution in [2.75, 3.05) is 0 Å². The van der Waals surface area contributed by atoms with Crippen molar-refractivity contribution in [2.24, 2.45) is 0 Å². The largest absolute Gasteiger partial charge is 0.288 e. The minimum atomic E-state index is -3.12. The van der Waals surface area contributed by atoms with Gasteiger partial charge >= 0.3 is 0 Å². The fourth-order valence-electron chi connectivity index (χ4n) is 0. The molecule has 6 heteroatoms. The predicted molar refractivity (Wildman–Crippen MR) is 12.9 cm³/mol. The van der Waals surface area contributed by atoms with Gasteiger partial charge in [-0.25, -0.2) is 8.42 Å². The van der Waals surface area contributed by atoms with Crippen molar-refractivity contribution >= 4 is 11.0 Å². The van der Waals surface area contributed by atoms with Crippen molar-refractivity contribution in [3.05, 3.63) is 0 Å². The first-order valence-electron chi connectivity index (χ1n) is 0.565. The van der Waals surface area contributed by atoms with Gasteiger partial charge in [-0.3, -0.25) is 4.55 Å². The molecule has 0 heterocycles. The Labute approximate surface area is 62.8 Å². The summed E-state index contributed by atoms with van der Waals surface area (Å²) in [6.45, 7) is 0. The fraction of sp³-hybridized carbons (Fsp3) is 0. The molecule has 0 aromatic heterocycles. The molecule has 0 unspecified atom stereocenters. The standard InChI is InChI=1S/H2O3S.2Zn/c1-4(2)3;;/h4H,(H,1,2,3);;. The van der Waals surface area contributed by atoms with E-state index in [4.69, 9.17) is 13.0 Å². The van der Waals surface area contributed by atoms with Crippen molar-refractivity contribution in [3.8, 4) is 0 Å². The van der Waals surface area contributed by atoms with Crippen LogP contribution in [0.15, 0.2) is 0 Å². The van der Waals surface area contributed by atoms with Crippen LogP contribution in [0.1, 0.15) is 0 Å². The molecule has 0 saturated heterocycles. The van der Waals surface area contributed by atoms with Crippen molar-refractivity contribution in [1.29, 1.82) is 0 Å². The van der Waals surface area contributed by atoms with E-state index in [1.54, 1.807) is 0 Å². The maximum Gasteiger partial charge on any atom is 0.254 e. The van der Waals surface area contributed by atoms with Gasteiger partial charge in [0.15, 0.2) is 0 Å². The van der Waals surface area contributed by atoms with E-state index in [-0.39, 0.29) is 39.0 Å². The molecule has 6 heavy (non-hydrogen) atoms. The van der Waals surface area contributed by atoms with Gasteiger partial charge in [-0.15, -0.1) is 0 Å². The van der Waals surface area contributed by atoms with Gasteiger partial charge in [0.25, 0.3) is 11.0 Å². The first-order valence-corrected chi connectivity index (χ1v) is 1.70. The van der Waals surface area contributed by atoms with Crippen molar-refractivity contribution in [2.45, 2.75) is 0 Å². The molecule has 0 fully saturated rings. The van der Waals surface area contributed by atoms with Crippen LogP contribution in [0.4, 0.5) is 0 Å². The number of thiol groups is 1. The fourth-order valence-corrected chi connectivity index (χ4v) is 0. The predicted octanol–water partition coefficient (Wildman–Crippen LogP) is -0.934. The SMILES string of the molecule is O=[SH](=O)O.[Zn].[Zn]. The molecular weight excluding hydrogens is 211 g/mol. The summed E-state index contributed by atoms with van der Waals surface area (Å²) < 4.78 is 24.2. The molecule has 30 valence electrons. The first kappa shape index (κ1) is 15.7. The summed E-state index contributed by atoms with van der Waals surface area (Å²) >= 11 is 0. The van der Waals surface area contributed by atoms with Crippen LogP contribution in [0.2, 0.25) is 0 Å². The summed E-state index contributed by atoms with van der Waals surface area (Å²) in [6, 6.07) is 0. The van der Waals surface area contributed by atoms with E-state index in [2.05, 4.69) is 0 Å². The van der Waals surface area contributed by atoms with Crippen LogP contribution >= 0.6 is 0 Å². The van der Waals surface area contributed by atoms with Gasteiger partial charge in [-0.2, -0.15) is 0 Å². The zero-order chi connectivity index (χ0) is 3.58. The first-order chi connectivity index (χ1) is 1.73. The second kappa shape index (κ2) is 9.48. The Kier molecular flexibility index (Phi) is 24.8. The summed E-state index contributed by atoms with van der Waals surface area (Å²) in [6.07, 6.45) is 0. The number of hydrogen-bond donors (Lipinski definition) is 2. The monoisotopic (exact) mass is 210 g/mol. The molecule has 0 aromatic carbocycles. The van der Waals surface area contributed by atoms with Gasteiger partial charge in [-0.05, 0) is 0 Å². The number of hydrogen-bond acceptors (Lipinski definition) is 2. The van der Waals surface area contributed by atoms with E-state index < -0.39 is 11.0 Å². The van der Waals surface area contributed by atoms with E-state index in [0.717, 1.165) is 0 Å². The maximum atomic E-state index is 8.59. The van der Waals surface area contributed by atoms with Crippen LogP contribution in [0.5, 0.6) is 0 Å². The van der Waals surface area contributed by atoms with Crippen LogP contribution in [0.3, 0.4) is 0 Å². The van der Waals surface area contributed by atoms with Crippen LogP contribution in [-0.4, -0.2) is 13.0 Å². The second-order valence-corrected chi connectivity index (χ2v) is 0.714. The third-order valence-electron chi connectivity index (χ3n) is 0. The molecule has 0 bridgehead atoms. The summed E-state index contributed by atoms with van der Waals surface area (Å²) in [4.78, 5) is 0. The van der Waals surface area contributed by atoms with Crippen LogP contribution in [-0.2, 0) is 49.9 Å². The Morgan fingerprint density at radius 1 is 1.17 bits per heavy atom. The molecule has 0 spiro atoms. The molecule has 0 rings (SSSR count). The molecular formula is H2O3SZn2. The molecule has 0 aliphatic carbocycles. The summed E-state index contributed by atoms with van der Waals surface area (Å²) in [7, 11) is -3.12. The topological polar surface area (TPSA) is 54.4 Å². The van der Waals surface area contributed by atoms with Gasteiger partial charge < -0.3 is 0 Å². The molecule has 0 saturated carbocycles. The summed E-state index contributed by atoms with van der Waals surface area (Å²) in [5.74, 6) is 0. The molecule has 0 amide bonds. The molecule has 1 N–H and O–H groups in total. The molecule has 0 atom stereocenters. The molecule has 0 aliphatic heterocycles. The summed E-state index contributed by atoms with van der Waals surface area (Å²) in [5, 5.41) is 0. The van der Waals surface area contributed by atoms with E-state index in [9.17, 15) is 0 Å². The quantitative estimate of drug-likeness (QED) is 0.310. The Morgan fingerprint density at radius 3 is 1.17 bits per heavy atom. The number of rotatable bonds is 0. The van der Waals surface area contributed by atoms with Gasteiger partial charge in [0.2, 0.25) is 0 Å². The average Bonchev–Trinajstić information content (AvgIpc) is 0.811. The van der Waals surface area contributed by atoms with Gasteiger partial charge in [0, 0.05) is 39.0 Å². The van der Waals surface area contributed by atoms with Crippen LogP contribution < -0.4 is 0 Å². The van der Waals surface area contributed by atoms with E-state index in [1.807, 2.05) is 0 Å². The Morgan fingerprint density at radius 2 is 1.17 bits per heavy atom. The third kappa shape index (κ3) is 66.6. The zero-order valence-electron chi connectivity index (χ0n) is 3.13. The van der Waals surface area contributed by atoms with Crippen molar-refractivity contribution < 1.29 is 51.9 Å². The van der Waals surface area contributed by atoms with Gasteiger partial charge in [0.05, 0.1) is 0 Å². The maximum absolute atomic E-state index is 8.59. The minimum Gasteiger partial charge on any atom is -0.288 e. The molecule has 0 radical (unpaired) electrons. The average molecular weight is 213 g/mol. The Hall–Kier alpha value is 1.16.